The molecule has 0 bridgehead atoms. The summed E-state index contributed by atoms with van der Waals surface area (Å²) in [5.41, 5.74) is 5.33. The summed E-state index contributed by atoms with van der Waals surface area (Å²) in [5.74, 6) is 0.187. The maximum atomic E-state index is 10.2. The maximum absolute atomic E-state index is 10.2. The van der Waals surface area contributed by atoms with Crippen LogP contribution in [0, 0.1) is 0 Å². The van der Waals surface area contributed by atoms with Crippen LogP contribution in [0.2, 0.25) is 0 Å². The van der Waals surface area contributed by atoms with Gasteiger partial charge in [0.05, 0.1) is 6.26 Å². The minimum Gasteiger partial charge on any atom is -0.460 e. The smallest absolute Gasteiger partial charge is 0.287 e. The molecule has 0 aliphatic carbocycles. The molecule has 2 N–H and O–H groups in total. The molecular weight excluding hydrogens is 246 g/mol. The number of hydrogen-bond donors (Lipinski definition) is 1. The normalized spacial score (nSPS) is 9.38. The number of carbonyl (C=O) groups excluding carboxylic acids is 1. The van der Waals surface area contributed by atoms with Crippen LogP contribution in [0.5, 0.6) is 0 Å². The van der Waals surface area contributed by atoms with Crippen molar-refractivity contribution in [2.24, 2.45) is 5.73 Å². The average molecular weight is 258 g/mol. The molecule has 2 aromatic heterocycles. The van der Waals surface area contributed by atoms with Crippen molar-refractivity contribution in [1.82, 2.24) is 0 Å². The average Bonchev–Trinajstić information content (AvgIpc) is 2.91. The van der Waals surface area contributed by atoms with E-state index in [0.717, 1.165) is 13.0 Å². The third kappa shape index (κ3) is 4.61. The van der Waals surface area contributed by atoms with Gasteiger partial charge >= 0.3 is 0 Å². The molecule has 0 saturated carbocycles. The summed E-state index contributed by atoms with van der Waals surface area (Å²) < 4.78 is 4.61. The van der Waals surface area contributed by atoms with E-state index in [4.69, 9.17) is 17.3 Å². The first-order valence-corrected chi connectivity index (χ1v) is 5.95. The fourth-order valence-electron chi connectivity index (χ4n) is 0.987. The van der Waals surface area contributed by atoms with Crippen LogP contribution in [0.1, 0.15) is 15.4 Å². The molecular formula is C11H12ClNO2S. The molecule has 16 heavy (non-hydrogen) atoms. The molecule has 0 radical (unpaired) electrons. The second kappa shape index (κ2) is 7.22. The molecule has 0 fully saturated rings. The molecule has 0 spiro atoms. The Morgan fingerprint density at radius 3 is 2.62 bits per heavy atom. The number of nitrogens with two attached hydrogens (primary N) is 1. The highest BCUT2D eigenvalue weighted by Crippen LogP contribution is 2.07. The molecule has 0 amide bonds. The Morgan fingerprint density at radius 1 is 1.44 bits per heavy atom. The van der Waals surface area contributed by atoms with E-state index in [1.165, 1.54) is 17.2 Å². The molecule has 2 rings (SSSR count). The second-order valence-corrected chi connectivity index (χ2v) is 4.24. The minimum atomic E-state index is -0.560. The lowest BCUT2D eigenvalue weighted by Gasteiger charge is -1.86. The Hall–Kier alpha value is -1.10. The second-order valence-electron chi connectivity index (χ2n) is 2.87. The molecule has 2 aromatic rings. The summed E-state index contributed by atoms with van der Waals surface area (Å²) in [6.07, 6.45) is 2.42. The fraction of sp³-hybridized carbons (Fsp3) is 0.182. The van der Waals surface area contributed by atoms with Crippen molar-refractivity contribution in [2.45, 2.75) is 6.42 Å². The van der Waals surface area contributed by atoms with Crippen LogP contribution < -0.4 is 5.73 Å². The number of halogens is 1. The van der Waals surface area contributed by atoms with Gasteiger partial charge in [0.2, 0.25) is 0 Å². The van der Waals surface area contributed by atoms with Gasteiger partial charge < -0.3 is 10.2 Å². The van der Waals surface area contributed by atoms with Crippen molar-refractivity contribution >= 4 is 28.2 Å². The van der Waals surface area contributed by atoms with Crippen LogP contribution in [-0.2, 0) is 6.42 Å². The number of thiophene rings is 1. The van der Waals surface area contributed by atoms with Crippen LogP contribution in [0.4, 0.5) is 0 Å². The third-order valence-corrected chi connectivity index (χ3v) is 2.81. The van der Waals surface area contributed by atoms with Crippen molar-refractivity contribution in [3.8, 4) is 0 Å². The Kier molecular flexibility index (Phi) is 5.85. The first kappa shape index (κ1) is 13.0. The molecule has 0 aromatic carbocycles. The topological polar surface area (TPSA) is 56.2 Å². The minimum absolute atomic E-state index is 0.187. The zero-order valence-corrected chi connectivity index (χ0v) is 10.1. The van der Waals surface area contributed by atoms with Crippen LogP contribution in [-0.4, -0.2) is 11.8 Å². The van der Waals surface area contributed by atoms with Gasteiger partial charge in [-0.05, 0) is 48.1 Å². The van der Waals surface area contributed by atoms with Gasteiger partial charge in [-0.15, -0.1) is 11.3 Å². The van der Waals surface area contributed by atoms with Crippen LogP contribution in [0.3, 0.4) is 0 Å². The summed E-state index contributed by atoms with van der Waals surface area (Å²) in [7, 11) is 0. The van der Waals surface area contributed by atoms with Gasteiger partial charge in [-0.2, -0.15) is 0 Å². The lowest BCUT2D eigenvalue weighted by Crippen LogP contribution is -2.00. The summed E-state index contributed by atoms with van der Waals surface area (Å²) in [6.45, 7) is 0.764. The molecule has 86 valence electrons. The van der Waals surface area contributed by atoms with Gasteiger partial charge in [-0.1, -0.05) is 6.07 Å². The summed E-state index contributed by atoms with van der Waals surface area (Å²) in [4.78, 5) is 11.6. The Labute approximate surface area is 103 Å². The SMILES string of the molecule is NCCc1cccs1.O=C(Cl)c1ccco1. The molecule has 0 saturated heterocycles. The first-order valence-electron chi connectivity index (χ1n) is 4.70. The van der Waals surface area contributed by atoms with E-state index in [1.807, 2.05) is 0 Å². The summed E-state index contributed by atoms with van der Waals surface area (Å²) in [6, 6.07) is 7.28. The molecule has 5 heteroatoms. The van der Waals surface area contributed by atoms with E-state index >= 15 is 0 Å². The third-order valence-electron chi connectivity index (χ3n) is 1.69. The molecule has 0 unspecified atom stereocenters. The summed E-state index contributed by atoms with van der Waals surface area (Å²) >= 11 is 6.78. The van der Waals surface area contributed by atoms with E-state index in [9.17, 15) is 4.79 Å². The van der Waals surface area contributed by atoms with Crippen molar-refractivity contribution in [2.75, 3.05) is 6.54 Å². The van der Waals surface area contributed by atoms with E-state index in [2.05, 4.69) is 21.9 Å². The predicted molar refractivity (Wildman–Crippen MR) is 66.0 cm³/mol. The maximum Gasteiger partial charge on any atom is 0.287 e. The fourth-order valence-corrected chi connectivity index (χ4v) is 1.82. The molecule has 0 aliphatic rings. The van der Waals surface area contributed by atoms with Crippen LogP contribution in [0.15, 0.2) is 40.3 Å². The Morgan fingerprint density at radius 2 is 2.25 bits per heavy atom. The summed E-state index contributed by atoms with van der Waals surface area (Å²) in [5, 5.41) is 1.51. The lowest BCUT2D eigenvalue weighted by atomic mass is 10.3. The van der Waals surface area contributed by atoms with Gasteiger partial charge in [0.1, 0.15) is 0 Å². The highest BCUT2D eigenvalue weighted by molar-refractivity contribution is 7.09. The van der Waals surface area contributed by atoms with Gasteiger partial charge in [-0.25, -0.2) is 0 Å². The predicted octanol–water partition coefficient (Wildman–Crippen LogP) is 2.91. The number of rotatable bonds is 3. The highest BCUT2D eigenvalue weighted by Gasteiger charge is 2.00. The van der Waals surface area contributed by atoms with Crippen LogP contribution >= 0.6 is 22.9 Å². The lowest BCUT2D eigenvalue weighted by molar-refractivity contribution is 0.105. The molecule has 0 atom stereocenters. The Balaban J connectivity index is 0.000000160. The van der Waals surface area contributed by atoms with Crippen LogP contribution in [0.25, 0.3) is 0 Å². The highest BCUT2D eigenvalue weighted by atomic mass is 35.5. The zero-order valence-electron chi connectivity index (χ0n) is 8.56. The van der Waals surface area contributed by atoms with Gasteiger partial charge in [0, 0.05) is 4.88 Å². The Bertz CT molecular complexity index is 398. The van der Waals surface area contributed by atoms with Gasteiger partial charge in [0.15, 0.2) is 5.76 Å². The molecule has 0 aliphatic heterocycles. The number of hydrogen-bond acceptors (Lipinski definition) is 4. The largest absolute Gasteiger partial charge is 0.460 e. The van der Waals surface area contributed by atoms with E-state index in [1.54, 1.807) is 17.4 Å². The monoisotopic (exact) mass is 257 g/mol. The standard InChI is InChI=1S/C6H9NS.C5H3ClO2/c7-4-3-6-2-1-5-8-6;6-5(7)4-2-1-3-8-4/h1-2,5H,3-4,7H2;1-3H. The molecule has 3 nitrogen and oxygen atoms in total. The molecule has 2 heterocycles. The van der Waals surface area contributed by atoms with Crippen molar-refractivity contribution < 1.29 is 9.21 Å². The van der Waals surface area contributed by atoms with E-state index < -0.39 is 5.24 Å². The van der Waals surface area contributed by atoms with Crippen molar-refractivity contribution in [3.05, 3.63) is 46.5 Å². The first-order chi connectivity index (χ1) is 7.74. The van der Waals surface area contributed by atoms with Gasteiger partial charge in [-0.3, -0.25) is 4.79 Å². The van der Waals surface area contributed by atoms with E-state index in [0.29, 0.717) is 0 Å². The van der Waals surface area contributed by atoms with E-state index in [-0.39, 0.29) is 5.76 Å². The quantitative estimate of drug-likeness (QED) is 0.860. The van der Waals surface area contributed by atoms with Gasteiger partial charge in [0.25, 0.3) is 5.24 Å². The van der Waals surface area contributed by atoms with Crippen molar-refractivity contribution in [1.29, 1.82) is 0 Å². The number of furan rings is 1. The van der Waals surface area contributed by atoms with Crippen molar-refractivity contribution in [3.63, 3.8) is 0 Å². The zero-order chi connectivity index (χ0) is 11.8. The number of carbonyl (C=O) groups is 1.